The lowest BCUT2D eigenvalue weighted by atomic mass is 10.1. The van der Waals surface area contributed by atoms with Crippen LogP contribution in [0, 0.1) is 0 Å². The molecule has 0 aromatic heterocycles. The minimum absolute atomic E-state index is 0.0386. The Morgan fingerprint density at radius 1 is 1.00 bits per heavy atom. The van der Waals surface area contributed by atoms with Gasteiger partial charge in [0.15, 0.2) is 0 Å². The highest BCUT2D eigenvalue weighted by Gasteiger charge is 2.13. The molecule has 3 rings (SSSR count). The van der Waals surface area contributed by atoms with Crippen molar-refractivity contribution in [2.45, 2.75) is 25.9 Å². The van der Waals surface area contributed by atoms with E-state index >= 15 is 0 Å². The molecule has 1 fully saturated rings. The number of halogens is 1. The van der Waals surface area contributed by atoms with Crippen molar-refractivity contribution < 1.29 is 9.53 Å². The van der Waals surface area contributed by atoms with Crippen LogP contribution in [0.3, 0.4) is 0 Å². The first-order chi connectivity index (χ1) is 12.2. The summed E-state index contributed by atoms with van der Waals surface area (Å²) in [5.41, 5.74) is 1.85. The molecule has 5 heteroatoms. The molecule has 4 nitrogen and oxygen atoms in total. The van der Waals surface area contributed by atoms with Gasteiger partial charge in [-0.25, -0.2) is 0 Å². The van der Waals surface area contributed by atoms with Gasteiger partial charge in [-0.2, -0.15) is 0 Å². The maximum absolute atomic E-state index is 12.1. The fourth-order valence-electron chi connectivity index (χ4n) is 2.90. The van der Waals surface area contributed by atoms with Crippen molar-refractivity contribution in [2.24, 2.45) is 0 Å². The second-order valence-corrected chi connectivity index (χ2v) is 6.76. The molecule has 0 unspecified atom stereocenters. The van der Waals surface area contributed by atoms with Crippen molar-refractivity contribution in [1.29, 1.82) is 0 Å². The van der Waals surface area contributed by atoms with Gasteiger partial charge in [0.1, 0.15) is 12.4 Å². The molecule has 1 aliphatic heterocycles. The zero-order valence-corrected chi connectivity index (χ0v) is 15.0. The molecule has 2 aromatic rings. The molecule has 132 valence electrons. The van der Waals surface area contributed by atoms with Crippen molar-refractivity contribution >= 4 is 23.2 Å². The number of hydrogen-bond acceptors (Lipinski definition) is 3. The summed E-state index contributed by atoms with van der Waals surface area (Å²) in [5, 5.41) is 3.66. The fraction of sp³-hybridized carbons (Fsp3) is 0.350. The zero-order valence-electron chi connectivity index (χ0n) is 14.2. The Labute approximate surface area is 153 Å². The van der Waals surface area contributed by atoms with Gasteiger partial charge in [0.2, 0.25) is 5.91 Å². The topological polar surface area (TPSA) is 41.6 Å². The Morgan fingerprint density at radius 2 is 1.68 bits per heavy atom. The lowest BCUT2D eigenvalue weighted by Crippen LogP contribution is -2.36. The van der Waals surface area contributed by atoms with Crippen LogP contribution in [0.1, 0.15) is 24.8 Å². The van der Waals surface area contributed by atoms with E-state index in [1.165, 1.54) is 19.3 Å². The summed E-state index contributed by atoms with van der Waals surface area (Å²) in [6, 6.07) is 15.0. The highest BCUT2D eigenvalue weighted by molar-refractivity contribution is 6.30. The number of likely N-dealkylation sites (tertiary alicyclic amines) is 1. The molecule has 0 radical (unpaired) electrons. The molecule has 1 heterocycles. The molecule has 0 atom stereocenters. The monoisotopic (exact) mass is 358 g/mol. The van der Waals surface area contributed by atoms with Gasteiger partial charge in [0.25, 0.3) is 0 Å². The molecule has 0 spiro atoms. The predicted molar refractivity (Wildman–Crippen MR) is 101 cm³/mol. The summed E-state index contributed by atoms with van der Waals surface area (Å²) in [5.74, 6) is 0.806. The van der Waals surface area contributed by atoms with E-state index < -0.39 is 0 Å². The third-order valence-corrected chi connectivity index (χ3v) is 4.52. The first-order valence-corrected chi connectivity index (χ1v) is 9.06. The largest absolute Gasteiger partial charge is 0.489 e. The number of amides is 1. The summed E-state index contributed by atoms with van der Waals surface area (Å²) < 4.78 is 5.75. The molecule has 25 heavy (non-hydrogen) atoms. The Kier molecular flexibility index (Phi) is 6.31. The number of anilines is 1. The molecule has 0 aliphatic carbocycles. The average molecular weight is 359 g/mol. The van der Waals surface area contributed by atoms with Crippen LogP contribution in [0.4, 0.5) is 5.69 Å². The highest BCUT2D eigenvalue weighted by Crippen LogP contribution is 2.18. The molecule has 0 saturated carbocycles. The summed E-state index contributed by atoms with van der Waals surface area (Å²) in [6.45, 7) is 2.99. The third kappa shape index (κ3) is 5.76. The number of carbonyl (C=O) groups is 1. The molecule has 1 amide bonds. The van der Waals surface area contributed by atoms with Gasteiger partial charge in [0.05, 0.1) is 6.54 Å². The Bertz CT molecular complexity index is 680. The molecule has 1 saturated heterocycles. The van der Waals surface area contributed by atoms with Gasteiger partial charge in [-0.05, 0) is 67.9 Å². The zero-order chi connectivity index (χ0) is 17.5. The van der Waals surface area contributed by atoms with Crippen molar-refractivity contribution in [3.63, 3.8) is 0 Å². The van der Waals surface area contributed by atoms with Gasteiger partial charge in [0, 0.05) is 10.7 Å². The van der Waals surface area contributed by atoms with Crippen LogP contribution in [0.2, 0.25) is 5.02 Å². The normalized spacial score (nSPS) is 14.9. The maximum Gasteiger partial charge on any atom is 0.238 e. The van der Waals surface area contributed by atoms with Crippen LogP contribution < -0.4 is 10.1 Å². The average Bonchev–Trinajstić information content (AvgIpc) is 2.63. The number of benzene rings is 2. The van der Waals surface area contributed by atoms with Crippen molar-refractivity contribution in [3.05, 3.63) is 59.1 Å². The van der Waals surface area contributed by atoms with E-state index in [9.17, 15) is 4.79 Å². The first-order valence-electron chi connectivity index (χ1n) is 8.68. The summed E-state index contributed by atoms with van der Waals surface area (Å²) in [7, 11) is 0. The van der Waals surface area contributed by atoms with Gasteiger partial charge in [-0.3, -0.25) is 9.69 Å². The first kappa shape index (κ1) is 17.8. The predicted octanol–water partition coefficient (Wildman–Crippen LogP) is 4.34. The second kappa shape index (κ2) is 8.88. The van der Waals surface area contributed by atoms with E-state index in [0.717, 1.165) is 30.1 Å². The van der Waals surface area contributed by atoms with Crippen LogP contribution in [-0.2, 0) is 11.4 Å². The van der Waals surface area contributed by atoms with Crippen molar-refractivity contribution in [1.82, 2.24) is 4.90 Å². The summed E-state index contributed by atoms with van der Waals surface area (Å²) in [4.78, 5) is 14.3. The van der Waals surface area contributed by atoms with Gasteiger partial charge >= 0.3 is 0 Å². The van der Waals surface area contributed by atoms with E-state index in [1.54, 1.807) is 0 Å². The number of rotatable bonds is 6. The van der Waals surface area contributed by atoms with Crippen molar-refractivity contribution in [3.8, 4) is 5.75 Å². The van der Waals surface area contributed by atoms with Gasteiger partial charge in [-0.15, -0.1) is 0 Å². The van der Waals surface area contributed by atoms with E-state index in [2.05, 4.69) is 10.2 Å². The molecule has 1 aliphatic rings. The minimum atomic E-state index is 0.0386. The number of carbonyl (C=O) groups excluding carboxylic acids is 1. The number of ether oxygens (including phenoxy) is 1. The van der Waals surface area contributed by atoms with Crippen LogP contribution in [0.25, 0.3) is 0 Å². The quantitative estimate of drug-likeness (QED) is 0.835. The lowest BCUT2D eigenvalue weighted by molar-refractivity contribution is -0.117. The van der Waals surface area contributed by atoms with Crippen LogP contribution in [0.5, 0.6) is 5.75 Å². The molecular formula is C20H23ClN2O2. The SMILES string of the molecule is O=C(CN1CCCCC1)Nc1ccc(OCc2ccc(Cl)cc2)cc1. The number of nitrogens with one attached hydrogen (secondary N) is 1. The molecule has 1 N–H and O–H groups in total. The Hall–Kier alpha value is -2.04. The fourth-order valence-corrected chi connectivity index (χ4v) is 3.03. The van der Waals surface area contributed by atoms with E-state index in [1.807, 2.05) is 48.5 Å². The Morgan fingerprint density at radius 3 is 2.36 bits per heavy atom. The highest BCUT2D eigenvalue weighted by atomic mass is 35.5. The number of piperidine rings is 1. The van der Waals surface area contributed by atoms with Crippen molar-refractivity contribution in [2.75, 3.05) is 25.0 Å². The van der Waals surface area contributed by atoms with E-state index in [4.69, 9.17) is 16.3 Å². The summed E-state index contributed by atoms with van der Waals surface area (Å²) >= 11 is 5.87. The number of hydrogen-bond donors (Lipinski definition) is 1. The van der Waals surface area contributed by atoms with Gasteiger partial charge < -0.3 is 10.1 Å². The number of nitrogens with zero attached hydrogens (tertiary/aromatic N) is 1. The third-order valence-electron chi connectivity index (χ3n) is 4.27. The summed E-state index contributed by atoms with van der Waals surface area (Å²) in [6.07, 6.45) is 3.65. The smallest absolute Gasteiger partial charge is 0.238 e. The second-order valence-electron chi connectivity index (χ2n) is 6.32. The molecule has 2 aromatic carbocycles. The van der Waals surface area contributed by atoms with Crippen LogP contribution in [0.15, 0.2) is 48.5 Å². The maximum atomic E-state index is 12.1. The standard InChI is InChI=1S/C20H23ClN2O2/c21-17-6-4-16(5-7-17)15-25-19-10-8-18(9-11-19)22-20(24)14-23-12-2-1-3-13-23/h4-11H,1-3,12-15H2,(H,22,24). The molecule has 0 bridgehead atoms. The van der Waals surface area contributed by atoms with Crippen LogP contribution >= 0.6 is 11.6 Å². The van der Waals surface area contributed by atoms with E-state index in [0.29, 0.717) is 18.2 Å². The lowest BCUT2D eigenvalue weighted by Gasteiger charge is -2.25. The Balaban J connectivity index is 1.46. The van der Waals surface area contributed by atoms with Crippen LogP contribution in [-0.4, -0.2) is 30.4 Å². The van der Waals surface area contributed by atoms with Gasteiger partial charge in [-0.1, -0.05) is 30.2 Å². The minimum Gasteiger partial charge on any atom is -0.489 e. The molecular weight excluding hydrogens is 336 g/mol. The van der Waals surface area contributed by atoms with E-state index in [-0.39, 0.29) is 5.91 Å².